The van der Waals surface area contributed by atoms with Crippen LogP contribution in [0.1, 0.15) is 6.42 Å². The molecule has 1 heterocycles. The van der Waals surface area contributed by atoms with Crippen LogP contribution in [0.5, 0.6) is 0 Å². The van der Waals surface area contributed by atoms with Crippen LogP contribution in [0.3, 0.4) is 0 Å². The van der Waals surface area contributed by atoms with E-state index in [9.17, 15) is 0 Å². The Morgan fingerprint density at radius 1 is 1.50 bits per heavy atom. The fourth-order valence-corrected chi connectivity index (χ4v) is 1.48. The zero-order valence-corrected chi connectivity index (χ0v) is 4.62. The van der Waals surface area contributed by atoms with Gasteiger partial charge in [0, 0.05) is 6.54 Å². The van der Waals surface area contributed by atoms with Gasteiger partial charge in [-0.1, -0.05) is 12.2 Å². The van der Waals surface area contributed by atoms with E-state index < -0.39 is 0 Å². The first-order chi connectivity index (χ1) is 3.86. The van der Waals surface area contributed by atoms with Crippen LogP contribution in [-0.4, -0.2) is 22.9 Å². The summed E-state index contributed by atoms with van der Waals surface area (Å²) >= 11 is 0. The second-order valence-electron chi connectivity index (χ2n) is 2.57. The Bertz CT molecular complexity index is 132. The Kier molecular flexibility index (Phi) is 0.754. The van der Waals surface area contributed by atoms with E-state index in [1.54, 1.807) is 0 Å². The van der Waals surface area contributed by atoms with Gasteiger partial charge < -0.3 is 5.21 Å². The summed E-state index contributed by atoms with van der Waals surface area (Å²) in [5.74, 6) is 0.644. The zero-order chi connectivity index (χ0) is 5.56. The van der Waals surface area contributed by atoms with Gasteiger partial charge in [-0.15, -0.1) is 0 Å². The third-order valence-corrected chi connectivity index (χ3v) is 1.95. The molecule has 2 atom stereocenters. The van der Waals surface area contributed by atoms with Crippen LogP contribution in [-0.2, 0) is 0 Å². The molecular weight excluding hydrogens is 102 g/mol. The lowest BCUT2D eigenvalue weighted by Gasteiger charge is -2.13. The molecule has 0 aromatic heterocycles. The lowest BCUT2D eigenvalue weighted by molar-refractivity contribution is -0.0931. The van der Waals surface area contributed by atoms with Crippen molar-refractivity contribution >= 4 is 0 Å². The Labute approximate surface area is 48.4 Å². The van der Waals surface area contributed by atoms with E-state index >= 15 is 0 Å². The molecule has 1 aliphatic carbocycles. The average Bonchev–Trinajstić information content (AvgIpc) is 2.23. The van der Waals surface area contributed by atoms with E-state index in [2.05, 4.69) is 12.2 Å². The van der Waals surface area contributed by atoms with Crippen molar-refractivity contribution < 1.29 is 5.21 Å². The monoisotopic (exact) mass is 111 g/mol. The van der Waals surface area contributed by atoms with Gasteiger partial charge in [0.1, 0.15) is 0 Å². The number of hydroxylamine groups is 2. The van der Waals surface area contributed by atoms with Gasteiger partial charge in [0.05, 0.1) is 6.04 Å². The van der Waals surface area contributed by atoms with Crippen molar-refractivity contribution in [1.29, 1.82) is 0 Å². The van der Waals surface area contributed by atoms with Crippen molar-refractivity contribution in [3.05, 3.63) is 12.2 Å². The molecule has 2 heteroatoms. The van der Waals surface area contributed by atoms with Crippen LogP contribution in [0, 0.1) is 5.92 Å². The molecular formula is C6H9NO. The van der Waals surface area contributed by atoms with Gasteiger partial charge in [0.2, 0.25) is 0 Å². The topological polar surface area (TPSA) is 23.5 Å². The maximum absolute atomic E-state index is 9.00. The third kappa shape index (κ3) is 0.443. The molecule has 0 aromatic rings. The first-order valence-electron chi connectivity index (χ1n) is 3.00. The summed E-state index contributed by atoms with van der Waals surface area (Å²) < 4.78 is 0. The minimum atomic E-state index is 0.347. The molecule has 0 radical (unpaired) electrons. The van der Waals surface area contributed by atoms with Gasteiger partial charge in [0.25, 0.3) is 0 Å². The highest BCUT2D eigenvalue weighted by molar-refractivity contribution is 5.10. The predicted octanol–water partition coefficient (Wildman–Crippen LogP) is 0.636. The lowest BCUT2D eigenvalue weighted by atomic mass is 10.2. The van der Waals surface area contributed by atoms with Crippen molar-refractivity contribution in [2.75, 3.05) is 6.54 Å². The Morgan fingerprint density at radius 3 is 2.62 bits per heavy atom. The molecule has 2 bridgehead atoms. The van der Waals surface area contributed by atoms with Crippen molar-refractivity contribution in [2.24, 2.45) is 5.92 Å². The Hall–Kier alpha value is -0.340. The van der Waals surface area contributed by atoms with Gasteiger partial charge in [-0.2, -0.15) is 5.06 Å². The first-order valence-corrected chi connectivity index (χ1v) is 3.00. The average molecular weight is 111 g/mol. The van der Waals surface area contributed by atoms with Crippen LogP contribution in [0.15, 0.2) is 12.2 Å². The van der Waals surface area contributed by atoms with Crippen LogP contribution < -0.4 is 0 Å². The number of rotatable bonds is 0. The highest BCUT2D eigenvalue weighted by Gasteiger charge is 2.32. The molecule has 1 saturated heterocycles. The van der Waals surface area contributed by atoms with Crippen LogP contribution in [0.25, 0.3) is 0 Å². The number of nitrogens with zero attached hydrogens (tertiary/aromatic N) is 1. The van der Waals surface area contributed by atoms with Crippen LogP contribution >= 0.6 is 0 Å². The predicted molar refractivity (Wildman–Crippen MR) is 29.5 cm³/mol. The highest BCUT2D eigenvalue weighted by Crippen LogP contribution is 2.29. The van der Waals surface area contributed by atoms with Crippen molar-refractivity contribution in [3.8, 4) is 0 Å². The number of hydrogen-bond acceptors (Lipinski definition) is 2. The molecule has 0 aromatic carbocycles. The molecule has 2 aliphatic rings. The smallest absolute Gasteiger partial charge is 0.0536 e. The third-order valence-electron chi connectivity index (χ3n) is 1.95. The molecule has 0 amide bonds. The molecule has 8 heavy (non-hydrogen) atoms. The minimum Gasteiger partial charge on any atom is -0.313 e. The summed E-state index contributed by atoms with van der Waals surface area (Å²) in [6.07, 6.45) is 5.40. The Morgan fingerprint density at radius 2 is 2.38 bits per heavy atom. The molecule has 1 aliphatic heterocycles. The van der Waals surface area contributed by atoms with E-state index in [1.807, 2.05) is 0 Å². The zero-order valence-electron chi connectivity index (χ0n) is 4.62. The molecule has 2 nitrogen and oxygen atoms in total. The van der Waals surface area contributed by atoms with E-state index in [0.717, 1.165) is 13.0 Å². The minimum absolute atomic E-state index is 0.347. The highest BCUT2D eigenvalue weighted by atomic mass is 16.5. The molecule has 0 spiro atoms. The normalized spacial score (nSPS) is 44.1. The van der Waals surface area contributed by atoms with E-state index in [4.69, 9.17) is 5.21 Å². The molecule has 2 rings (SSSR count). The second-order valence-corrected chi connectivity index (χ2v) is 2.57. The SMILES string of the molecule is ON1CC2C=CC1C2. The summed E-state index contributed by atoms with van der Waals surface area (Å²) in [5.41, 5.74) is 0. The van der Waals surface area contributed by atoms with Crippen LogP contribution in [0.4, 0.5) is 0 Å². The largest absolute Gasteiger partial charge is 0.313 e. The quantitative estimate of drug-likeness (QED) is 0.463. The molecule has 44 valence electrons. The van der Waals surface area contributed by atoms with Crippen LogP contribution in [0.2, 0.25) is 0 Å². The summed E-state index contributed by atoms with van der Waals surface area (Å²) in [7, 11) is 0. The summed E-state index contributed by atoms with van der Waals surface area (Å²) in [6.45, 7) is 0.848. The van der Waals surface area contributed by atoms with E-state index in [0.29, 0.717) is 12.0 Å². The van der Waals surface area contributed by atoms with E-state index in [1.165, 1.54) is 5.06 Å². The standard InChI is InChI=1S/C6H9NO/c8-7-4-5-1-2-6(7)3-5/h1-2,5-6,8H,3-4H2. The Balaban J connectivity index is 2.23. The maximum Gasteiger partial charge on any atom is 0.0536 e. The maximum atomic E-state index is 9.00. The fraction of sp³-hybridized carbons (Fsp3) is 0.667. The number of hydrogen-bond donors (Lipinski definition) is 1. The summed E-state index contributed by atoms with van der Waals surface area (Å²) in [5, 5.41) is 10.4. The first kappa shape index (κ1) is 4.53. The van der Waals surface area contributed by atoms with Crippen molar-refractivity contribution in [3.63, 3.8) is 0 Å². The van der Waals surface area contributed by atoms with Gasteiger partial charge in [-0.3, -0.25) is 0 Å². The molecule has 1 fully saturated rings. The fourth-order valence-electron chi connectivity index (χ4n) is 1.48. The van der Waals surface area contributed by atoms with Crippen molar-refractivity contribution in [2.45, 2.75) is 12.5 Å². The van der Waals surface area contributed by atoms with Gasteiger partial charge >= 0.3 is 0 Å². The summed E-state index contributed by atoms with van der Waals surface area (Å²) in [4.78, 5) is 0. The molecule has 1 N–H and O–H groups in total. The van der Waals surface area contributed by atoms with Crippen molar-refractivity contribution in [1.82, 2.24) is 5.06 Å². The molecule has 2 unspecified atom stereocenters. The number of fused-ring (bicyclic) bond motifs is 2. The summed E-state index contributed by atoms with van der Waals surface area (Å²) in [6, 6.07) is 0.347. The van der Waals surface area contributed by atoms with Gasteiger partial charge in [-0.05, 0) is 12.3 Å². The second kappa shape index (κ2) is 1.33. The van der Waals surface area contributed by atoms with E-state index in [-0.39, 0.29) is 0 Å². The van der Waals surface area contributed by atoms with Gasteiger partial charge in [-0.25, -0.2) is 0 Å². The molecule has 0 saturated carbocycles. The lowest BCUT2D eigenvalue weighted by Crippen LogP contribution is -2.25. The van der Waals surface area contributed by atoms with Gasteiger partial charge in [0.15, 0.2) is 0 Å².